The number of thioether (sulfide) groups is 1. The van der Waals surface area contributed by atoms with Gasteiger partial charge < -0.3 is 4.90 Å². The lowest BCUT2D eigenvalue weighted by atomic mass is 10.3. The van der Waals surface area contributed by atoms with Gasteiger partial charge in [0.25, 0.3) is 15.1 Å². The normalized spacial score (nSPS) is 17.4. The average Bonchev–Trinajstić information content (AvgIpc) is 3.11. The molecule has 0 aliphatic carbocycles. The van der Waals surface area contributed by atoms with Gasteiger partial charge in [-0.3, -0.25) is 4.55 Å². The predicted octanol–water partition coefficient (Wildman–Crippen LogP) is 3.00. The molecule has 1 fully saturated rings. The van der Waals surface area contributed by atoms with Gasteiger partial charge in [0.1, 0.15) is 4.70 Å². The van der Waals surface area contributed by atoms with Crippen LogP contribution in [0.1, 0.15) is 11.4 Å². The third-order valence-electron chi connectivity index (χ3n) is 3.95. The van der Waals surface area contributed by atoms with Crippen LogP contribution in [-0.4, -0.2) is 43.0 Å². The minimum absolute atomic E-state index is 0.223. The molecule has 25 heavy (non-hydrogen) atoms. The molecule has 5 nitrogen and oxygen atoms in total. The molecule has 0 unspecified atom stereocenters. The van der Waals surface area contributed by atoms with Gasteiger partial charge >= 0.3 is 0 Å². The third-order valence-corrected chi connectivity index (χ3v) is 7.02. The molecule has 0 amide bonds. The second-order valence-electron chi connectivity index (χ2n) is 5.83. The molecular formula is C17H21N2O3S3+. The number of allylic oxidation sites excluding steroid dienone is 2. The Morgan fingerprint density at radius 2 is 2.16 bits per heavy atom. The first kappa shape index (κ1) is 18.4. The molecule has 2 heterocycles. The van der Waals surface area contributed by atoms with Gasteiger partial charge in [0, 0.05) is 37.9 Å². The van der Waals surface area contributed by atoms with Crippen molar-refractivity contribution in [3.63, 3.8) is 0 Å². The van der Waals surface area contributed by atoms with Crippen molar-refractivity contribution in [2.45, 2.75) is 13.0 Å². The highest BCUT2D eigenvalue weighted by Crippen LogP contribution is 2.26. The van der Waals surface area contributed by atoms with E-state index in [9.17, 15) is 8.42 Å². The molecule has 0 spiro atoms. The Balaban J connectivity index is 1.84. The molecule has 0 radical (unpaired) electrons. The number of hydrogen-bond acceptors (Lipinski definition) is 5. The minimum Gasteiger partial charge on any atom is -0.369 e. The topological polar surface area (TPSA) is 61.5 Å². The lowest BCUT2D eigenvalue weighted by Crippen LogP contribution is -2.35. The summed E-state index contributed by atoms with van der Waals surface area (Å²) in [6.45, 7) is 1.62. The average molecular weight is 398 g/mol. The SMILES string of the molecule is CN1CCS/C1=C\C=C\c1sc2ccccc2[n+]1CCCS(=O)(=O)O. The van der Waals surface area contributed by atoms with Crippen molar-refractivity contribution in [3.05, 3.63) is 46.5 Å². The lowest BCUT2D eigenvalue weighted by molar-refractivity contribution is -0.668. The van der Waals surface area contributed by atoms with E-state index in [1.54, 1.807) is 11.3 Å². The summed E-state index contributed by atoms with van der Waals surface area (Å²) in [7, 11) is -1.83. The molecule has 0 atom stereocenters. The third kappa shape index (κ3) is 4.84. The summed E-state index contributed by atoms with van der Waals surface area (Å²) in [4.78, 5) is 2.24. The monoisotopic (exact) mass is 397 g/mol. The van der Waals surface area contributed by atoms with E-state index in [2.05, 4.69) is 34.7 Å². The number of aryl methyl sites for hydroxylation is 1. The molecule has 1 aliphatic heterocycles. The second kappa shape index (κ2) is 7.90. The molecule has 1 aromatic carbocycles. The van der Waals surface area contributed by atoms with E-state index in [1.165, 1.54) is 5.03 Å². The second-order valence-corrected chi connectivity index (χ2v) is 9.58. The highest BCUT2D eigenvalue weighted by Gasteiger charge is 2.19. The Labute approximate surface area is 156 Å². The molecule has 0 bridgehead atoms. The quantitative estimate of drug-likeness (QED) is 0.600. The van der Waals surface area contributed by atoms with E-state index in [0.29, 0.717) is 13.0 Å². The van der Waals surface area contributed by atoms with Gasteiger partial charge in [-0.25, -0.2) is 0 Å². The van der Waals surface area contributed by atoms with Gasteiger partial charge in [-0.2, -0.15) is 13.0 Å². The van der Waals surface area contributed by atoms with Crippen LogP contribution < -0.4 is 4.57 Å². The van der Waals surface area contributed by atoms with Crippen molar-refractivity contribution in [2.24, 2.45) is 0 Å². The van der Waals surface area contributed by atoms with Crippen LogP contribution in [0, 0.1) is 0 Å². The van der Waals surface area contributed by atoms with Gasteiger partial charge in [0.15, 0.2) is 6.54 Å². The van der Waals surface area contributed by atoms with Crippen LogP contribution in [0.4, 0.5) is 0 Å². The van der Waals surface area contributed by atoms with Crippen LogP contribution in [0.15, 0.2) is 41.4 Å². The summed E-state index contributed by atoms with van der Waals surface area (Å²) in [6.07, 6.45) is 6.61. The Bertz CT molecular complexity index is 916. The van der Waals surface area contributed by atoms with Crippen molar-refractivity contribution in [1.82, 2.24) is 4.90 Å². The molecule has 134 valence electrons. The fourth-order valence-electron chi connectivity index (χ4n) is 2.71. The van der Waals surface area contributed by atoms with Gasteiger partial charge in [0.05, 0.1) is 10.8 Å². The molecule has 1 aliphatic rings. The number of aromatic nitrogens is 1. The van der Waals surface area contributed by atoms with Gasteiger partial charge in [0.2, 0.25) is 5.52 Å². The van der Waals surface area contributed by atoms with Crippen LogP contribution in [0.25, 0.3) is 16.3 Å². The first-order chi connectivity index (χ1) is 11.9. The zero-order chi connectivity index (χ0) is 17.9. The minimum atomic E-state index is -3.92. The summed E-state index contributed by atoms with van der Waals surface area (Å²) in [6, 6.07) is 8.08. The molecule has 1 saturated heterocycles. The number of nitrogens with zero attached hydrogens (tertiary/aromatic N) is 2. The van der Waals surface area contributed by atoms with E-state index in [0.717, 1.165) is 27.5 Å². The van der Waals surface area contributed by atoms with Crippen LogP contribution in [0.2, 0.25) is 0 Å². The van der Waals surface area contributed by atoms with E-state index in [4.69, 9.17) is 4.55 Å². The first-order valence-electron chi connectivity index (χ1n) is 8.03. The summed E-state index contributed by atoms with van der Waals surface area (Å²) < 4.78 is 34.2. The number of benzene rings is 1. The largest absolute Gasteiger partial charge is 0.369 e. The van der Waals surface area contributed by atoms with Crippen molar-refractivity contribution in [2.75, 3.05) is 25.1 Å². The molecule has 1 N–H and O–H groups in total. The smallest absolute Gasteiger partial charge is 0.265 e. The van der Waals surface area contributed by atoms with Crippen molar-refractivity contribution < 1.29 is 17.5 Å². The van der Waals surface area contributed by atoms with Gasteiger partial charge in [-0.05, 0) is 12.1 Å². The molecular weight excluding hydrogens is 376 g/mol. The van der Waals surface area contributed by atoms with Crippen molar-refractivity contribution in [1.29, 1.82) is 0 Å². The maximum absolute atomic E-state index is 11.0. The number of hydrogen-bond donors (Lipinski definition) is 1. The molecule has 8 heteroatoms. The Morgan fingerprint density at radius 3 is 2.88 bits per heavy atom. The summed E-state index contributed by atoms with van der Waals surface area (Å²) in [5.74, 6) is 0.896. The number of para-hydroxylation sites is 1. The number of fused-ring (bicyclic) bond motifs is 1. The Hall–Kier alpha value is -1.35. The Kier molecular flexibility index (Phi) is 5.83. The van der Waals surface area contributed by atoms with Crippen LogP contribution in [0.3, 0.4) is 0 Å². The molecule has 3 rings (SSSR count). The summed E-state index contributed by atoms with van der Waals surface area (Å²) >= 11 is 3.53. The molecule has 1 aromatic heterocycles. The Morgan fingerprint density at radius 1 is 1.36 bits per heavy atom. The number of rotatable bonds is 6. The van der Waals surface area contributed by atoms with Gasteiger partial charge in [-0.15, -0.1) is 11.8 Å². The van der Waals surface area contributed by atoms with Crippen LogP contribution in [-0.2, 0) is 16.7 Å². The predicted molar refractivity (Wildman–Crippen MR) is 105 cm³/mol. The highest BCUT2D eigenvalue weighted by molar-refractivity contribution is 8.03. The van der Waals surface area contributed by atoms with E-state index in [-0.39, 0.29) is 5.75 Å². The fraction of sp³-hybridized carbons (Fsp3) is 0.353. The number of thiazole rings is 1. The van der Waals surface area contributed by atoms with Crippen LogP contribution in [0.5, 0.6) is 0 Å². The summed E-state index contributed by atoms with van der Waals surface area (Å²) in [5, 5.41) is 2.33. The van der Waals surface area contributed by atoms with E-state index >= 15 is 0 Å². The standard InChI is InChI=1S/C17H20N2O3S3/c1-18-11-12-23-16(18)8-4-9-17-19(10-5-13-25(20,21)22)14-6-2-3-7-15(14)24-17/h2-4,6-9H,5,10-13H2,1H3/p+1. The highest BCUT2D eigenvalue weighted by atomic mass is 32.2. The lowest BCUT2D eigenvalue weighted by Gasteiger charge is -2.09. The van der Waals surface area contributed by atoms with Crippen molar-refractivity contribution in [3.8, 4) is 0 Å². The van der Waals surface area contributed by atoms with Crippen LogP contribution >= 0.6 is 23.1 Å². The molecule has 0 saturated carbocycles. The summed E-state index contributed by atoms with van der Waals surface area (Å²) in [5.41, 5.74) is 1.09. The van der Waals surface area contributed by atoms with E-state index < -0.39 is 10.1 Å². The zero-order valence-corrected chi connectivity index (χ0v) is 16.4. The first-order valence-corrected chi connectivity index (χ1v) is 11.4. The maximum Gasteiger partial charge on any atom is 0.265 e. The maximum atomic E-state index is 11.0. The zero-order valence-electron chi connectivity index (χ0n) is 14.0. The molecule has 2 aromatic rings. The van der Waals surface area contributed by atoms with Crippen molar-refractivity contribution >= 4 is 49.5 Å². The van der Waals surface area contributed by atoms with E-state index in [1.807, 2.05) is 36.0 Å². The van der Waals surface area contributed by atoms with Gasteiger partial charge in [-0.1, -0.05) is 29.5 Å². The fourth-order valence-corrected chi connectivity index (χ4v) is 5.36.